The van der Waals surface area contributed by atoms with E-state index in [4.69, 9.17) is 9.97 Å². The van der Waals surface area contributed by atoms with Gasteiger partial charge in [0.05, 0.1) is 11.4 Å². The molecule has 10 aromatic rings. The van der Waals surface area contributed by atoms with Crippen molar-refractivity contribution in [2.24, 2.45) is 0 Å². The summed E-state index contributed by atoms with van der Waals surface area (Å²) in [6.07, 6.45) is 11.2. The summed E-state index contributed by atoms with van der Waals surface area (Å²) in [5, 5.41) is 7.31. The van der Waals surface area contributed by atoms with Crippen molar-refractivity contribution in [2.45, 2.75) is 5.92 Å². The smallest absolute Gasteiger partial charge is 0.160 e. The molecule has 1 heterocycles. The molecular formula is C59H38N2. The fourth-order valence-corrected chi connectivity index (χ4v) is 9.59. The molecule has 0 radical (unpaired) electrons. The lowest BCUT2D eigenvalue weighted by Gasteiger charge is -2.15. The zero-order valence-corrected chi connectivity index (χ0v) is 33.3. The summed E-state index contributed by atoms with van der Waals surface area (Å²) < 4.78 is 0. The minimum absolute atomic E-state index is 0.326. The van der Waals surface area contributed by atoms with E-state index in [1.807, 2.05) is 0 Å². The van der Waals surface area contributed by atoms with Gasteiger partial charge in [-0.05, 0) is 94.5 Å². The van der Waals surface area contributed by atoms with Gasteiger partial charge in [0.1, 0.15) is 0 Å². The molecule has 0 fully saturated rings. The molecular weight excluding hydrogens is 737 g/mol. The van der Waals surface area contributed by atoms with Crippen LogP contribution >= 0.6 is 0 Å². The molecule has 0 spiro atoms. The maximum absolute atomic E-state index is 5.37. The summed E-state index contributed by atoms with van der Waals surface area (Å²) in [4.78, 5) is 10.7. The van der Waals surface area contributed by atoms with E-state index in [9.17, 15) is 0 Å². The highest BCUT2D eigenvalue weighted by Gasteiger charge is 2.25. The zero-order chi connectivity index (χ0) is 40.3. The summed E-state index contributed by atoms with van der Waals surface area (Å²) in [5.74, 6) is 1.02. The number of fused-ring (bicyclic) bond motifs is 6. The van der Waals surface area contributed by atoms with Gasteiger partial charge in [0.25, 0.3) is 0 Å². The number of nitrogens with zero attached hydrogens (tertiary/aromatic N) is 2. The van der Waals surface area contributed by atoms with E-state index in [1.165, 1.54) is 77.0 Å². The van der Waals surface area contributed by atoms with Crippen molar-refractivity contribution in [3.63, 3.8) is 0 Å². The molecule has 0 saturated carbocycles. The van der Waals surface area contributed by atoms with Crippen LogP contribution in [0.1, 0.15) is 17.0 Å². The van der Waals surface area contributed by atoms with Crippen molar-refractivity contribution >= 4 is 38.4 Å². The van der Waals surface area contributed by atoms with E-state index in [1.54, 1.807) is 0 Å². The third kappa shape index (κ3) is 6.03. The molecule has 1 unspecified atom stereocenters. The van der Waals surface area contributed by atoms with E-state index < -0.39 is 0 Å². The van der Waals surface area contributed by atoms with Crippen LogP contribution in [-0.4, -0.2) is 9.97 Å². The predicted octanol–water partition coefficient (Wildman–Crippen LogP) is 15.5. The minimum atomic E-state index is 0.326. The number of allylic oxidation sites excluding steroid dienone is 5. The first-order chi connectivity index (χ1) is 30.2. The van der Waals surface area contributed by atoms with E-state index in [0.717, 1.165) is 33.5 Å². The van der Waals surface area contributed by atoms with Crippen molar-refractivity contribution in [3.05, 3.63) is 235 Å². The van der Waals surface area contributed by atoms with Crippen molar-refractivity contribution in [1.82, 2.24) is 9.97 Å². The molecule has 1 aromatic heterocycles. The number of aromatic nitrogens is 2. The summed E-state index contributed by atoms with van der Waals surface area (Å²) in [6.45, 7) is 0. The Balaban J connectivity index is 0.991. The monoisotopic (exact) mass is 774 g/mol. The highest BCUT2D eigenvalue weighted by atomic mass is 14.9. The fraction of sp³-hybridized carbons (Fsp3) is 0.0169. The van der Waals surface area contributed by atoms with Crippen molar-refractivity contribution in [1.29, 1.82) is 0 Å². The number of benzene rings is 9. The Labute approximate surface area is 355 Å². The Morgan fingerprint density at radius 2 is 0.885 bits per heavy atom. The molecule has 0 bridgehead atoms. The standard InChI is InChI=1S/C59H38N2/c1-4-17-45-38(12-1)15-9-22-46(45)40-26-30-42(31-27-40)57-37-58(55-35-34-54(52-20-7-8-21-53(52)55)50-24-10-16-39-13-2-5-18-47(39)50)61-59(60-57)43-32-28-41(29-33-43)48-23-11-25-51-49-19-6-3-14-44(49)36-56(48)51/h1-37,49H. The van der Waals surface area contributed by atoms with Gasteiger partial charge in [-0.15, -0.1) is 0 Å². The molecule has 0 aliphatic heterocycles. The van der Waals surface area contributed by atoms with Gasteiger partial charge in [0, 0.05) is 22.6 Å². The van der Waals surface area contributed by atoms with Gasteiger partial charge in [0.15, 0.2) is 5.82 Å². The number of hydrogen-bond acceptors (Lipinski definition) is 2. The van der Waals surface area contributed by atoms with Crippen molar-refractivity contribution in [3.8, 4) is 67.3 Å². The van der Waals surface area contributed by atoms with Crippen LogP contribution in [-0.2, 0) is 0 Å². The maximum Gasteiger partial charge on any atom is 0.160 e. The van der Waals surface area contributed by atoms with Gasteiger partial charge in [0.2, 0.25) is 0 Å². The Morgan fingerprint density at radius 3 is 1.64 bits per heavy atom. The molecule has 2 nitrogen and oxygen atoms in total. The first-order valence-electron chi connectivity index (χ1n) is 21.0. The predicted molar refractivity (Wildman–Crippen MR) is 256 cm³/mol. The summed E-state index contributed by atoms with van der Waals surface area (Å²) in [6, 6.07) is 70.0. The lowest BCUT2D eigenvalue weighted by molar-refractivity contribution is 1.05. The van der Waals surface area contributed by atoms with Crippen molar-refractivity contribution in [2.75, 3.05) is 0 Å². The average Bonchev–Trinajstić information content (AvgIpc) is 3.72. The zero-order valence-electron chi connectivity index (χ0n) is 33.3. The lowest BCUT2D eigenvalue weighted by Crippen LogP contribution is -1.97. The molecule has 1 atom stereocenters. The van der Waals surface area contributed by atoms with Crippen LogP contribution in [0.4, 0.5) is 0 Å². The van der Waals surface area contributed by atoms with Crippen LogP contribution in [0.5, 0.6) is 0 Å². The molecule has 9 aromatic carbocycles. The first kappa shape index (κ1) is 35.0. The first-order valence-corrected chi connectivity index (χ1v) is 21.0. The Hall–Kier alpha value is -7.94. The number of rotatable bonds is 6. The summed E-state index contributed by atoms with van der Waals surface area (Å²) >= 11 is 0. The van der Waals surface area contributed by atoms with Crippen LogP contribution in [0.2, 0.25) is 0 Å². The average molecular weight is 775 g/mol. The van der Waals surface area contributed by atoms with Gasteiger partial charge in [-0.3, -0.25) is 0 Å². The second-order valence-corrected chi connectivity index (χ2v) is 16.1. The fourth-order valence-electron chi connectivity index (χ4n) is 9.59. The quantitative estimate of drug-likeness (QED) is 0.168. The Bertz CT molecular complexity index is 3450. The van der Waals surface area contributed by atoms with E-state index in [0.29, 0.717) is 11.7 Å². The Kier molecular flexibility index (Phi) is 8.28. The minimum Gasteiger partial charge on any atom is -0.228 e. The van der Waals surface area contributed by atoms with Crippen LogP contribution < -0.4 is 0 Å². The summed E-state index contributed by atoms with van der Waals surface area (Å²) in [5.41, 5.74) is 16.1. The van der Waals surface area contributed by atoms with Gasteiger partial charge in [-0.2, -0.15) is 0 Å². The SMILES string of the molecule is C1=CC2=Cc3c(-c4ccc(-c5nc(-c6ccc(-c7cccc8ccccc78)cc6)cc(-c6ccc(-c7cccc8ccccc78)c7ccccc67)n5)cc4)cccc3C2C=C1. The van der Waals surface area contributed by atoms with Gasteiger partial charge in [-0.25, -0.2) is 9.97 Å². The molecule has 0 saturated heterocycles. The topological polar surface area (TPSA) is 25.8 Å². The third-order valence-corrected chi connectivity index (χ3v) is 12.6. The highest BCUT2D eigenvalue weighted by molar-refractivity contribution is 6.09. The number of hydrogen-bond donors (Lipinski definition) is 0. The van der Waals surface area contributed by atoms with E-state index in [-0.39, 0.29) is 0 Å². The van der Waals surface area contributed by atoms with Crippen LogP contribution in [0.3, 0.4) is 0 Å². The Morgan fingerprint density at radius 1 is 0.361 bits per heavy atom. The van der Waals surface area contributed by atoms with Gasteiger partial charge >= 0.3 is 0 Å². The molecule has 12 rings (SSSR count). The van der Waals surface area contributed by atoms with E-state index >= 15 is 0 Å². The highest BCUT2D eigenvalue weighted by Crippen LogP contribution is 2.44. The maximum atomic E-state index is 5.37. The van der Waals surface area contributed by atoms with Crippen LogP contribution in [0.15, 0.2) is 224 Å². The third-order valence-electron chi connectivity index (χ3n) is 12.6. The molecule has 61 heavy (non-hydrogen) atoms. The van der Waals surface area contributed by atoms with Crippen molar-refractivity contribution < 1.29 is 0 Å². The molecule has 0 amide bonds. The largest absolute Gasteiger partial charge is 0.228 e. The molecule has 2 aliphatic rings. The van der Waals surface area contributed by atoms with Gasteiger partial charge < -0.3 is 0 Å². The van der Waals surface area contributed by atoms with Crippen LogP contribution in [0.25, 0.3) is 106 Å². The lowest BCUT2D eigenvalue weighted by atomic mass is 9.90. The second kappa shape index (κ2) is 14.4. The van der Waals surface area contributed by atoms with E-state index in [2.05, 4.69) is 225 Å². The van der Waals surface area contributed by atoms with Crippen LogP contribution in [0, 0.1) is 0 Å². The molecule has 0 N–H and O–H groups in total. The molecule has 2 heteroatoms. The molecule has 284 valence electrons. The second-order valence-electron chi connectivity index (χ2n) is 16.1. The normalized spacial score (nSPS) is 14.0. The molecule has 2 aliphatic carbocycles. The summed E-state index contributed by atoms with van der Waals surface area (Å²) in [7, 11) is 0. The van der Waals surface area contributed by atoms with Gasteiger partial charge in [-0.1, -0.05) is 212 Å².